The van der Waals surface area contributed by atoms with Gasteiger partial charge in [0.25, 0.3) is 0 Å². The smallest absolute Gasteiger partial charge is 0.377 e. The van der Waals surface area contributed by atoms with E-state index in [0.29, 0.717) is 31.7 Å². The predicted molar refractivity (Wildman–Crippen MR) is 144 cm³/mol. The van der Waals surface area contributed by atoms with E-state index in [-0.39, 0.29) is 0 Å². The molecule has 0 radical (unpaired) electrons. The lowest BCUT2D eigenvalue weighted by molar-refractivity contribution is 0.0662. The Kier molecular flexibility index (Phi) is 24.3. The first kappa shape index (κ1) is 35.4. The summed E-state index contributed by atoms with van der Waals surface area (Å²) in [5.74, 6) is 1.33. The minimum absolute atomic E-state index is 0.663. The van der Waals surface area contributed by atoms with Crippen LogP contribution in [0.3, 0.4) is 0 Å². The zero-order chi connectivity index (χ0) is 25.6. The van der Waals surface area contributed by atoms with Crippen molar-refractivity contribution in [2.24, 2.45) is 11.8 Å². The quantitative estimate of drug-likeness (QED) is 0.151. The van der Waals surface area contributed by atoms with Gasteiger partial charge in [-0.15, -0.1) is 0 Å². The van der Waals surface area contributed by atoms with Crippen molar-refractivity contribution in [2.75, 3.05) is 41.2 Å². The highest BCUT2D eigenvalue weighted by Gasteiger charge is 2.42. The monoisotopic (exact) mass is 510 g/mol. The first-order valence-electron chi connectivity index (χ1n) is 13.4. The zero-order valence-corrected chi connectivity index (χ0v) is 25.8. The second kappa shape index (κ2) is 22.6. The van der Waals surface area contributed by atoms with Gasteiger partial charge in [0.2, 0.25) is 0 Å². The Labute approximate surface area is 209 Å². The van der Waals surface area contributed by atoms with Crippen molar-refractivity contribution in [1.29, 1.82) is 0 Å². The van der Waals surface area contributed by atoms with Crippen LogP contribution in [0, 0.1) is 11.8 Å². The molecular weight excluding hydrogens is 452 g/mol. The summed E-state index contributed by atoms with van der Waals surface area (Å²) in [4.78, 5) is 0. The first-order valence-corrected chi connectivity index (χ1v) is 17.3. The van der Waals surface area contributed by atoms with Crippen LogP contribution in [-0.4, -0.2) is 58.8 Å². The summed E-state index contributed by atoms with van der Waals surface area (Å²) < 4.78 is 34.1. The molecule has 0 bridgehead atoms. The second-order valence-electron chi connectivity index (χ2n) is 8.52. The lowest BCUT2D eigenvalue weighted by atomic mass is 10.0. The fourth-order valence-electron chi connectivity index (χ4n) is 4.06. The molecule has 0 saturated heterocycles. The van der Waals surface area contributed by atoms with E-state index in [1.807, 2.05) is 20.8 Å². The molecule has 33 heavy (non-hydrogen) atoms. The first-order chi connectivity index (χ1) is 15.8. The molecule has 0 spiro atoms. The van der Waals surface area contributed by atoms with Crippen LogP contribution in [0.5, 0.6) is 0 Å². The van der Waals surface area contributed by atoms with Gasteiger partial charge in [0, 0.05) is 53.2 Å². The van der Waals surface area contributed by atoms with Crippen LogP contribution in [0.15, 0.2) is 0 Å². The molecule has 0 heterocycles. The van der Waals surface area contributed by atoms with E-state index in [9.17, 15) is 0 Å². The van der Waals surface area contributed by atoms with E-state index in [1.165, 1.54) is 51.4 Å². The Bertz CT molecular complexity index is 385. The molecule has 202 valence electrons. The normalized spacial score (nSPS) is 14.0. The van der Waals surface area contributed by atoms with Crippen LogP contribution in [-0.2, 0) is 26.6 Å². The van der Waals surface area contributed by atoms with E-state index >= 15 is 0 Å². The van der Waals surface area contributed by atoms with Crippen LogP contribution in [0.25, 0.3) is 0 Å². The van der Waals surface area contributed by atoms with Crippen LogP contribution in [0.1, 0.15) is 99.8 Å². The molecule has 0 aromatic carbocycles. The van der Waals surface area contributed by atoms with Gasteiger partial charge in [0.05, 0.1) is 0 Å². The minimum Gasteiger partial charge on any atom is -0.377 e. The molecule has 0 aromatic rings. The maximum Gasteiger partial charge on any atom is 0.501 e. The van der Waals surface area contributed by atoms with Crippen molar-refractivity contribution in [3.63, 3.8) is 0 Å². The maximum atomic E-state index is 5.92. The Morgan fingerprint density at radius 2 is 0.848 bits per heavy atom. The van der Waals surface area contributed by atoms with Gasteiger partial charge < -0.3 is 26.6 Å². The lowest BCUT2D eigenvalue weighted by Crippen LogP contribution is -2.47. The van der Waals surface area contributed by atoms with Crippen LogP contribution in [0.2, 0.25) is 12.1 Å². The van der Waals surface area contributed by atoms with Crippen molar-refractivity contribution in [1.82, 2.24) is 0 Å². The number of unbranched alkanes of at least 4 members (excludes halogenated alkanes) is 2. The van der Waals surface area contributed by atoms with Crippen molar-refractivity contribution in [3.8, 4) is 0 Å². The van der Waals surface area contributed by atoms with Gasteiger partial charge in [-0.2, -0.15) is 0 Å². The number of hydrogen-bond donors (Lipinski definition) is 0. The summed E-state index contributed by atoms with van der Waals surface area (Å²) in [6.07, 6.45) is 9.92. The summed E-state index contributed by atoms with van der Waals surface area (Å²) in [7, 11) is 0.278. The Morgan fingerprint density at radius 1 is 0.515 bits per heavy atom. The highest BCUT2D eigenvalue weighted by atomic mass is 28.4. The molecule has 0 aliphatic carbocycles. The molecule has 6 nitrogen and oxygen atoms in total. The molecule has 2 unspecified atom stereocenters. The average molecular weight is 511 g/mol. The molecule has 2 atom stereocenters. The zero-order valence-electron chi connectivity index (χ0n) is 23.8. The third-order valence-electron chi connectivity index (χ3n) is 6.19. The van der Waals surface area contributed by atoms with Crippen molar-refractivity contribution >= 4 is 17.6 Å². The highest BCUT2D eigenvalue weighted by molar-refractivity contribution is 6.61. The van der Waals surface area contributed by atoms with E-state index < -0.39 is 17.6 Å². The summed E-state index contributed by atoms with van der Waals surface area (Å²) in [6, 6.07) is 1.91. The predicted octanol–water partition coefficient (Wildman–Crippen LogP) is 7.33. The van der Waals surface area contributed by atoms with E-state index in [0.717, 1.165) is 12.1 Å². The minimum atomic E-state index is -2.43. The van der Waals surface area contributed by atoms with Crippen molar-refractivity contribution in [2.45, 2.75) is 112 Å². The Balaban J connectivity index is 0. The van der Waals surface area contributed by atoms with Crippen LogP contribution < -0.4 is 0 Å². The molecule has 0 aromatic heterocycles. The average Bonchev–Trinajstić information content (AvgIpc) is 2.83. The Morgan fingerprint density at radius 3 is 1.09 bits per heavy atom. The van der Waals surface area contributed by atoms with Crippen molar-refractivity contribution in [3.05, 3.63) is 0 Å². The lowest BCUT2D eigenvalue weighted by Gasteiger charge is -2.31. The standard InChI is InChI=1S/C14H32O3Si.C11H26O3Si/c1-6-11-12-14(7-2)13-18(15-8-3,16-9-4)17-10-5;1-6-8-9-11(7-2)10-15(12-3,13-4)14-5/h14H,6-13H2,1-5H3;11H,6-10H2,1-5H3. The van der Waals surface area contributed by atoms with Gasteiger partial charge in [0.1, 0.15) is 0 Å². The van der Waals surface area contributed by atoms with Gasteiger partial charge >= 0.3 is 17.6 Å². The van der Waals surface area contributed by atoms with Crippen LogP contribution >= 0.6 is 0 Å². The van der Waals surface area contributed by atoms with Gasteiger partial charge in [-0.05, 0) is 32.6 Å². The second-order valence-corrected chi connectivity index (χ2v) is 14.2. The largest absolute Gasteiger partial charge is 0.501 e. The highest BCUT2D eigenvalue weighted by Crippen LogP contribution is 2.28. The fourth-order valence-corrected chi connectivity index (χ4v) is 9.38. The molecule has 0 amide bonds. The molecule has 0 aliphatic heterocycles. The number of rotatable bonds is 21. The summed E-state index contributed by atoms with van der Waals surface area (Å²) >= 11 is 0. The SMILES string of the molecule is CCCCC(CC)C[Si](OC)(OC)OC.CCCCC(CC)C[Si](OCC)(OCC)OCC. The number of hydrogen-bond acceptors (Lipinski definition) is 6. The topological polar surface area (TPSA) is 55.4 Å². The van der Waals surface area contributed by atoms with Gasteiger partial charge in [-0.25, -0.2) is 0 Å². The molecule has 0 N–H and O–H groups in total. The van der Waals surface area contributed by atoms with E-state index in [2.05, 4.69) is 27.7 Å². The molecule has 0 saturated carbocycles. The van der Waals surface area contributed by atoms with Crippen LogP contribution in [0.4, 0.5) is 0 Å². The van der Waals surface area contributed by atoms with Gasteiger partial charge in [-0.3, -0.25) is 0 Å². The molecule has 0 fully saturated rings. The van der Waals surface area contributed by atoms with E-state index in [1.54, 1.807) is 21.3 Å². The molecule has 8 heteroatoms. The molecule has 0 aliphatic rings. The van der Waals surface area contributed by atoms with E-state index in [4.69, 9.17) is 26.6 Å². The molecule has 0 rings (SSSR count). The Hall–Kier alpha value is 0.194. The third kappa shape index (κ3) is 15.7. The van der Waals surface area contributed by atoms with Gasteiger partial charge in [0.15, 0.2) is 0 Å². The summed E-state index contributed by atoms with van der Waals surface area (Å²) in [6.45, 7) is 17.0. The summed E-state index contributed by atoms with van der Waals surface area (Å²) in [5.41, 5.74) is 0. The third-order valence-corrected chi connectivity index (χ3v) is 12.4. The molecular formula is C25H58O6Si2. The van der Waals surface area contributed by atoms with Crippen molar-refractivity contribution < 1.29 is 26.6 Å². The maximum absolute atomic E-state index is 5.92. The fraction of sp³-hybridized carbons (Fsp3) is 1.00. The van der Waals surface area contributed by atoms with Gasteiger partial charge in [-0.1, -0.05) is 79.1 Å². The summed E-state index contributed by atoms with van der Waals surface area (Å²) in [5, 5.41) is 0.